The molecule has 0 amide bonds. The lowest BCUT2D eigenvalue weighted by Gasteiger charge is -2.22. The van der Waals surface area contributed by atoms with Gasteiger partial charge in [-0.25, -0.2) is 9.59 Å². The number of benzene rings is 1. The summed E-state index contributed by atoms with van der Waals surface area (Å²) >= 11 is 0. The van der Waals surface area contributed by atoms with Gasteiger partial charge in [-0.3, -0.25) is 4.57 Å². The molecule has 1 unspecified atom stereocenters. The Morgan fingerprint density at radius 3 is 2.77 bits per heavy atom. The summed E-state index contributed by atoms with van der Waals surface area (Å²) in [5.41, 5.74) is 0.935. The van der Waals surface area contributed by atoms with E-state index in [0.717, 1.165) is 36.0 Å². The molecule has 2 heterocycles. The Morgan fingerprint density at radius 1 is 1.32 bits per heavy atom. The van der Waals surface area contributed by atoms with E-state index in [2.05, 4.69) is 0 Å². The Kier molecular flexibility index (Phi) is 4.29. The summed E-state index contributed by atoms with van der Waals surface area (Å²) in [5.74, 6) is 0. The Hall–Kier alpha value is -2.08. The van der Waals surface area contributed by atoms with E-state index in [9.17, 15) is 9.59 Å². The van der Waals surface area contributed by atoms with E-state index in [1.165, 1.54) is 0 Å². The number of para-hydroxylation sites is 2. The molecule has 0 spiro atoms. The number of ether oxygens (including phenoxy) is 2. The van der Waals surface area contributed by atoms with Crippen molar-refractivity contribution in [3.05, 3.63) is 34.7 Å². The van der Waals surface area contributed by atoms with Gasteiger partial charge in [0.1, 0.15) is 0 Å². The molecule has 22 heavy (non-hydrogen) atoms. The zero-order chi connectivity index (χ0) is 15.5. The van der Waals surface area contributed by atoms with Crippen LogP contribution in [0.1, 0.15) is 26.2 Å². The third kappa shape index (κ3) is 2.66. The highest BCUT2D eigenvalue weighted by Crippen LogP contribution is 2.18. The molecule has 0 bridgehead atoms. The van der Waals surface area contributed by atoms with Gasteiger partial charge >= 0.3 is 11.8 Å². The molecule has 0 N–H and O–H groups in total. The number of carbonyl (C=O) groups is 1. The Morgan fingerprint density at radius 2 is 2.09 bits per heavy atom. The van der Waals surface area contributed by atoms with E-state index < -0.39 is 6.09 Å². The molecule has 1 fully saturated rings. The van der Waals surface area contributed by atoms with E-state index in [0.29, 0.717) is 12.1 Å². The topological polar surface area (TPSA) is 62.5 Å². The van der Waals surface area contributed by atoms with Crippen molar-refractivity contribution in [3.8, 4) is 0 Å². The molecule has 6 nitrogen and oxygen atoms in total. The van der Waals surface area contributed by atoms with Crippen molar-refractivity contribution in [2.45, 2.75) is 38.8 Å². The fraction of sp³-hybridized carbons (Fsp3) is 0.500. The van der Waals surface area contributed by atoms with E-state index in [1.807, 2.05) is 12.1 Å². The van der Waals surface area contributed by atoms with Crippen LogP contribution in [-0.4, -0.2) is 34.5 Å². The Balaban J connectivity index is 2.04. The van der Waals surface area contributed by atoms with Crippen molar-refractivity contribution in [1.82, 2.24) is 9.13 Å². The van der Waals surface area contributed by atoms with Gasteiger partial charge in [-0.15, -0.1) is 0 Å². The third-order valence-corrected chi connectivity index (χ3v) is 3.95. The number of hydrogen-bond acceptors (Lipinski definition) is 4. The van der Waals surface area contributed by atoms with Gasteiger partial charge in [-0.1, -0.05) is 12.1 Å². The second-order valence-electron chi connectivity index (χ2n) is 5.40. The van der Waals surface area contributed by atoms with Crippen LogP contribution in [0.15, 0.2) is 29.1 Å². The zero-order valence-corrected chi connectivity index (χ0v) is 12.7. The first kappa shape index (κ1) is 14.8. The van der Waals surface area contributed by atoms with Crippen LogP contribution in [0.5, 0.6) is 0 Å². The summed E-state index contributed by atoms with van der Waals surface area (Å²) in [5, 5.41) is 0. The fourth-order valence-electron chi connectivity index (χ4n) is 2.90. The van der Waals surface area contributed by atoms with Crippen LogP contribution in [0, 0.1) is 0 Å². The first-order valence-corrected chi connectivity index (χ1v) is 7.71. The molecule has 0 saturated carbocycles. The smallest absolute Gasteiger partial charge is 0.422 e. The number of carbonyl (C=O) groups excluding carboxylic acids is 1. The average Bonchev–Trinajstić information content (AvgIpc) is 2.81. The number of rotatable bonds is 3. The molecule has 118 valence electrons. The quantitative estimate of drug-likeness (QED) is 0.873. The molecular formula is C16H20N2O4. The highest BCUT2D eigenvalue weighted by molar-refractivity contribution is 5.86. The molecule has 1 aliphatic heterocycles. The Labute approximate surface area is 128 Å². The zero-order valence-electron chi connectivity index (χ0n) is 12.7. The summed E-state index contributed by atoms with van der Waals surface area (Å²) in [6.07, 6.45) is 2.50. The molecule has 6 heteroatoms. The molecule has 1 saturated heterocycles. The molecule has 2 aromatic rings. The van der Waals surface area contributed by atoms with Crippen LogP contribution in [0.4, 0.5) is 4.79 Å². The summed E-state index contributed by atoms with van der Waals surface area (Å²) in [6, 6.07) is 7.26. The standard InChI is InChI=1S/C16H20N2O4/c1-2-21-16(20)18-14-9-4-3-8-13(14)17(15(18)19)11-12-7-5-6-10-22-12/h3-4,8-9,12H,2,5-7,10-11H2,1H3. The Bertz CT molecular complexity index is 725. The maximum absolute atomic E-state index is 12.6. The minimum atomic E-state index is -0.632. The second kappa shape index (κ2) is 6.36. The lowest BCUT2D eigenvalue weighted by molar-refractivity contribution is 0.00601. The van der Waals surface area contributed by atoms with Gasteiger partial charge in [0.25, 0.3) is 0 Å². The number of nitrogens with zero attached hydrogens (tertiary/aromatic N) is 2. The molecule has 0 radical (unpaired) electrons. The number of imidazole rings is 1. The van der Waals surface area contributed by atoms with Crippen LogP contribution in [-0.2, 0) is 16.0 Å². The SMILES string of the molecule is CCOC(=O)n1c(=O)n(CC2CCCCO2)c2ccccc21. The van der Waals surface area contributed by atoms with Crippen molar-refractivity contribution in [3.63, 3.8) is 0 Å². The van der Waals surface area contributed by atoms with Gasteiger partial charge in [0.2, 0.25) is 0 Å². The first-order chi connectivity index (χ1) is 10.7. The predicted octanol–water partition coefficient (Wildman–Crippen LogP) is 2.38. The average molecular weight is 304 g/mol. The van der Waals surface area contributed by atoms with Gasteiger partial charge in [-0.2, -0.15) is 4.57 Å². The summed E-state index contributed by atoms with van der Waals surface area (Å²) in [4.78, 5) is 24.7. The lowest BCUT2D eigenvalue weighted by atomic mass is 10.1. The third-order valence-electron chi connectivity index (χ3n) is 3.95. The van der Waals surface area contributed by atoms with E-state index >= 15 is 0 Å². The van der Waals surface area contributed by atoms with Crippen LogP contribution in [0.25, 0.3) is 11.0 Å². The predicted molar refractivity (Wildman–Crippen MR) is 82.2 cm³/mol. The normalized spacial score (nSPS) is 18.5. The molecule has 1 aromatic carbocycles. The van der Waals surface area contributed by atoms with E-state index in [-0.39, 0.29) is 18.4 Å². The molecule has 3 rings (SSSR count). The van der Waals surface area contributed by atoms with Crippen LogP contribution in [0.2, 0.25) is 0 Å². The first-order valence-electron chi connectivity index (χ1n) is 7.71. The van der Waals surface area contributed by atoms with E-state index in [1.54, 1.807) is 23.6 Å². The van der Waals surface area contributed by atoms with Gasteiger partial charge in [-0.05, 0) is 38.3 Å². The van der Waals surface area contributed by atoms with Crippen molar-refractivity contribution in [1.29, 1.82) is 0 Å². The maximum atomic E-state index is 12.6. The minimum absolute atomic E-state index is 0.0212. The number of fused-ring (bicyclic) bond motifs is 1. The highest BCUT2D eigenvalue weighted by atomic mass is 16.5. The summed E-state index contributed by atoms with van der Waals surface area (Å²) < 4.78 is 13.4. The molecule has 1 aliphatic rings. The van der Waals surface area contributed by atoms with Crippen LogP contribution in [0.3, 0.4) is 0 Å². The summed E-state index contributed by atoms with van der Waals surface area (Å²) in [6.45, 7) is 3.15. The van der Waals surface area contributed by atoms with Gasteiger partial charge in [0.15, 0.2) is 0 Å². The summed E-state index contributed by atoms with van der Waals surface area (Å²) in [7, 11) is 0. The van der Waals surface area contributed by atoms with Crippen molar-refractivity contribution < 1.29 is 14.3 Å². The monoisotopic (exact) mass is 304 g/mol. The molecule has 1 atom stereocenters. The van der Waals surface area contributed by atoms with Gasteiger partial charge in [0.05, 0.1) is 30.3 Å². The fourth-order valence-corrected chi connectivity index (χ4v) is 2.90. The van der Waals surface area contributed by atoms with Crippen molar-refractivity contribution >= 4 is 17.1 Å². The van der Waals surface area contributed by atoms with Crippen LogP contribution >= 0.6 is 0 Å². The van der Waals surface area contributed by atoms with Crippen molar-refractivity contribution in [2.24, 2.45) is 0 Å². The maximum Gasteiger partial charge on any atom is 0.422 e. The van der Waals surface area contributed by atoms with E-state index in [4.69, 9.17) is 9.47 Å². The minimum Gasteiger partial charge on any atom is -0.449 e. The van der Waals surface area contributed by atoms with Crippen molar-refractivity contribution in [2.75, 3.05) is 13.2 Å². The molecule has 0 aliphatic carbocycles. The molecular weight excluding hydrogens is 284 g/mol. The lowest BCUT2D eigenvalue weighted by Crippen LogP contribution is -2.34. The van der Waals surface area contributed by atoms with Crippen LogP contribution < -0.4 is 5.69 Å². The highest BCUT2D eigenvalue weighted by Gasteiger charge is 2.22. The molecule has 1 aromatic heterocycles. The number of aromatic nitrogens is 2. The second-order valence-corrected chi connectivity index (χ2v) is 5.40. The number of hydrogen-bond donors (Lipinski definition) is 0. The van der Waals surface area contributed by atoms with Gasteiger partial charge < -0.3 is 9.47 Å². The largest absolute Gasteiger partial charge is 0.449 e. The van der Waals surface area contributed by atoms with Gasteiger partial charge in [0, 0.05) is 6.61 Å².